The van der Waals surface area contributed by atoms with Gasteiger partial charge >= 0.3 is 6.09 Å². The van der Waals surface area contributed by atoms with Gasteiger partial charge in [0.15, 0.2) is 0 Å². The Morgan fingerprint density at radius 2 is 2.21 bits per heavy atom. The third kappa shape index (κ3) is 2.42. The number of cyclic esters (lactones) is 1. The zero-order valence-corrected chi connectivity index (χ0v) is 13.3. The lowest BCUT2D eigenvalue weighted by molar-refractivity contribution is 0.0692. The predicted molar refractivity (Wildman–Crippen MR) is 84.7 cm³/mol. The fourth-order valence-electron chi connectivity index (χ4n) is 3.24. The maximum Gasteiger partial charge on any atom is 0.414 e. The van der Waals surface area contributed by atoms with E-state index in [0.29, 0.717) is 26.1 Å². The fraction of sp³-hybridized carbons (Fsp3) is 0.353. The monoisotopic (exact) mass is 327 g/mol. The molecule has 7 heteroatoms. The lowest BCUT2D eigenvalue weighted by Crippen LogP contribution is -2.42. The number of amides is 2. The van der Waals surface area contributed by atoms with Gasteiger partial charge in [0.05, 0.1) is 17.9 Å². The van der Waals surface area contributed by atoms with E-state index in [1.807, 2.05) is 25.1 Å². The first-order valence-corrected chi connectivity index (χ1v) is 7.89. The average molecular weight is 327 g/mol. The molecule has 1 fully saturated rings. The molecule has 1 atom stereocenters. The van der Waals surface area contributed by atoms with Gasteiger partial charge in [-0.05, 0) is 30.5 Å². The average Bonchev–Trinajstić information content (AvgIpc) is 3.20. The van der Waals surface area contributed by atoms with E-state index in [4.69, 9.17) is 9.26 Å². The van der Waals surface area contributed by atoms with Gasteiger partial charge in [0.1, 0.15) is 6.61 Å². The third-order valence-corrected chi connectivity index (χ3v) is 4.49. The lowest BCUT2D eigenvalue weighted by atomic mass is 10.0. The number of hydrogen-bond donors (Lipinski definition) is 0. The standard InChI is InChI=1S/C17H17N3O4/c1-11-2-3-12-9-19(16(21)15-4-6-18-24-15)7-5-13-10-23-17(22)20(13)14(12)8-11/h2-4,6,8,13H,5,7,9-10H2,1H3/t13-/m0/s1. The van der Waals surface area contributed by atoms with Gasteiger partial charge in [-0.3, -0.25) is 9.69 Å². The van der Waals surface area contributed by atoms with Crippen LogP contribution in [-0.4, -0.2) is 41.3 Å². The molecule has 1 aromatic carbocycles. The summed E-state index contributed by atoms with van der Waals surface area (Å²) in [6.45, 7) is 3.25. The molecule has 0 unspecified atom stereocenters. The van der Waals surface area contributed by atoms with Crippen LogP contribution in [0, 0.1) is 6.92 Å². The van der Waals surface area contributed by atoms with E-state index < -0.39 is 0 Å². The highest BCUT2D eigenvalue weighted by Crippen LogP contribution is 2.32. The van der Waals surface area contributed by atoms with Crippen LogP contribution in [0.5, 0.6) is 0 Å². The molecule has 0 bridgehead atoms. The number of fused-ring (bicyclic) bond motifs is 3. The number of aryl methyl sites for hydroxylation is 1. The van der Waals surface area contributed by atoms with Gasteiger partial charge in [0.2, 0.25) is 5.76 Å². The quantitative estimate of drug-likeness (QED) is 0.803. The number of rotatable bonds is 1. The summed E-state index contributed by atoms with van der Waals surface area (Å²) in [5.74, 6) is 0.0255. The van der Waals surface area contributed by atoms with Crippen molar-refractivity contribution in [2.75, 3.05) is 18.1 Å². The van der Waals surface area contributed by atoms with Gasteiger partial charge in [-0.25, -0.2) is 4.79 Å². The Balaban J connectivity index is 1.73. The molecule has 2 aliphatic rings. The summed E-state index contributed by atoms with van der Waals surface area (Å²) in [7, 11) is 0. The van der Waals surface area contributed by atoms with E-state index in [1.54, 1.807) is 15.9 Å². The van der Waals surface area contributed by atoms with Crippen molar-refractivity contribution in [2.24, 2.45) is 0 Å². The molecule has 0 saturated carbocycles. The SMILES string of the molecule is Cc1ccc2c(c1)N1C(=O)OC[C@@H]1CCN(C(=O)c1ccno1)C2. The van der Waals surface area contributed by atoms with E-state index in [0.717, 1.165) is 16.8 Å². The Kier molecular flexibility index (Phi) is 3.48. The van der Waals surface area contributed by atoms with Crippen molar-refractivity contribution in [3.05, 3.63) is 47.3 Å². The van der Waals surface area contributed by atoms with Crippen LogP contribution < -0.4 is 4.90 Å². The number of hydrogen-bond acceptors (Lipinski definition) is 5. The smallest absolute Gasteiger partial charge is 0.414 e. The highest BCUT2D eigenvalue weighted by molar-refractivity contribution is 5.93. The van der Waals surface area contributed by atoms with Gasteiger partial charge in [-0.1, -0.05) is 17.3 Å². The second-order valence-electron chi connectivity index (χ2n) is 6.12. The lowest BCUT2D eigenvalue weighted by Gasteiger charge is -2.32. The van der Waals surface area contributed by atoms with E-state index in [2.05, 4.69) is 5.16 Å². The molecule has 124 valence electrons. The number of benzene rings is 1. The highest BCUT2D eigenvalue weighted by atomic mass is 16.6. The van der Waals surface area contributed by atoms with Crippen molar-refractivity contribution in [1.82, 2.24) is 10.1 Å². The van der Waals surface area contributed by atoms with Crippen LogP contribution in [-0.2, 0) is 11.3 Å². The summed E-state index contributed by atoms with van der Waals surface area (Å²) in [4.78, 5) is 28.2. The fourth-order valence-corrected chi connectivity index (χ4v) is 3.24. The molecular formula is C17H17N3O4. The van der Waals surface area contributed by atoms with E-state index in [1.165, 1.54) is 6.20 Å². The first-order chi connectivity index (χ1) is 11.6. The molecule has 2 aromatic rings. The maximum atomic E-state index is 12.6. The summed E-state index contributed by atoms with van der Waals surface area (Å²) >= 11 is 0. The molecule has 24 heavy (non-hydrogen) atoms. The van der Waals surface area contributed by atoms with E-state index in [-0.39, 0.29) is 23.8 Å². The van der Waals surface area contributed by atoms with Gasteiger partial charge in [0.25, 0.3) is 5.91 Å². The van der Waals surface area contributed by atoms with Crippen LogP contribution in [0.25, 0.3) is 0 Å². The number of aromatic nitrogens is 1. The van der Waals surface area contributed by atoms with Crippen LogP contribution >= 0.6 is 0 Å². The number of nitrogens with zero attached hydrogens (tertiary/aromatic N) is 3. The molecule has 0 aliphatic carbocycles. The zero-order chi connectivity index (χ0) is 16.7. The normalized spacial score (nSPS) is 20.0. The second-order valence-corrected chi connectivity index (χ2v) is 6.12. The summed E-state index contributed by atoms with van der Waals surface area (Å²) in [5.41, 5.74) is 2.79. The second kappa shape index (κ2) is 5.67. The molecule has 2 amide bonds. The van der Waals surface area contributed by atoms with Crippen LogP contribution in [0.4, 0.5) is 10.5 Å². The van der Waals surface area contributed by atoms with Crippen molar-refractivity contribution in [1.29, 1.82) is 0 Å². The zero-order valence-electron chi connectivity index (χ0n) is 13.3. The molecule has 0 N–H and O–H groups in total. The minimum Gasteiger partial charge on any atom is -0.447 e. The minimum absolute atomic E-state index is 0.0663. The molecule has 7 nitrogen and oxygen atoms in total. The number of ether oxygens (including phenoxy) is 1. The number of anilines is 1. The molecule has 0 radical (unpaired) electrons. The summed E-state index contributed by atoms with van der Waals surface area (Å²) in [5, 5.41) is 3.60. The van der Waals surface area contributed by atoms with Crippen molar-refractivity contribution >= 4 is 17.7 Å². The summed E-state index contributed by atoms with van der Waals surface area (Å²) < 4.78 is 10.2. The molecular weight excluding hydrogens is 310 g/mol. The van der Waals surface area contributed by atoms with E-state index in [9.17, 15) is 9.59 Å². The Bertz CT molecular complexity index is 787. The third-order valence-electron chi connectivity index (χ3n) is 4.49. The van der Waals surface area contributed by atoms with Crippen LogP contribution in [0.15, 0.2) is 35.0 Å². The first kappa shape index (κ1) is 14.7. The van der Waals surface area contributed by atoms with Crippen molar-refractivity contribution in [3.63, 3.8) is 0 Å². The van der Waals surface area contributed by atoms with Gasteiger partial charge < -0.3 is 14.2 Å². The van der Waals surface area contributed by atoms with Crippen molar-refractivity contribution < 1.29 is 18.8 Å². The summed E-state index contributed by atoms with van der Waals surface area (Å²) in [6, 6.07) is 7.40. The molecule has 4 rings (SSSR count). The summed E-state index contributed by atoms with van der Waals surface area (Å²) in [6.07, 6.45) is 1.79. The molecule has 1 saturated heterocycles. The van der Waals surface area contributed by atoms with Crippen LogP contribution in [0.2, 0.25) is 0 Å². The molecule has 3 heterocycles. The maximum absolute atomic E-state index is 12.6. The van der Waals surface area contributed by atoms with Crippen molar-refractivity contribution in [2.45, 2.75) is 25.9 Å². The molecule has 1 aromatic heterocycles. The molecule has 0 spiro atoms. The van der Waals surface area contributed by atoms with Crippen LogP contribution in [0.3, 0.4) is 0 Å². The van der Waals surface area contributed by atoms with Crippen LogP contribution in [0.1, 0.15) is 28.1 Å². The predicted octanol–water partition coefficient (Wildman–Crippen LogP) is 2.35. The topological polar surface area (TPSA) is 75.9 Å². The highest BCUT2D eigenvalue weighted by Gasteiger charge is 2.38. The largest absolute Gasteiger partial charge is 0.447 e. The Labute approximate surface area is 138 Å². The van der Waals surface area contributed by atoms with Gasteiger partial charge in [-0.15, -0.1) is 0 Å². The number of carbonyl (C=O) groups is 2. The molecule has 2 aliphatic heterocycles. The van der Waals surface area contributed by atoms with Gasteiger partial charge in [0, 0.05) is 19.2 Å². The van der Waals surface area contributed by atoms with Gasteiger partial charge in [-0.2, -0.15) is 0 Å². The van der Waals surface area contributed by atoms with E-state index >= 15 is 0 Å². The first-order valence-electron chi connectivity index (χ1n) is 7.89. The number of carbonyl (C=O) groups excluding carboxylic acids is 2. The Hall–Kier alpha value is -2.83. The Morgan fingerprint density at radius 3 is 3.00 bits per heavy atom. The van der Waals surface area contributed by atoms with Crippen molar-refractivity contribution in [3.8, 4) is 0 Å². The Morgan fingerprint density at radius 1 is 1.33 bits per heavy atom. The minimum atomic E-state index is -0.318.